The highest BCUT2D eigenvalue weighted by atomic mass is 32.1. The standard InChI is InChI=1S/C13H14N2O3S/c1-8-7-14-13(19-8)15-12(16)9-4-5-10(17-2)11(6-9)18-3/h4-7H,1-3H3,(H,14,15,16). The summed E-state index contributed by atoms with van der Waals surface area (Å²) in [4.78, 5) is 17.2. The minimum absolute atomic E-state index is 0.227. The molecule has 1 aromatic heterocycles. The lowest BCUT2D eigenvalue weighted by Gasteiger charge is -2.09. The number of hydrogen-bond donors (Lipinski definition) is 1. The van der Waals surface area contributed by atoms with Gasteiger partial charge in [-0.05, 0) is 25.1 Å². The molecule has 1 aromatic carbocycles. The SMILES string of the molecule is COc1ccc(C(=O)Nc2ncc(C)s2)cc1OC. The number of nitrogens with zero attached hydrogens (tertiary/aromatic N) is 1. The van der Waals surface area contributed by atoms with Crippen molar-refractivity contribution in [2.24, 2.45) is 0 Å². The van der Waals surface area contributed by atoms with Crippen LogP contribution in [0.25, 0.3) is 0 Å². The molecule has 5 nitrogen and oxygen atoms in total. The maximum atomic E-state index is 12.1. The molecule has 2 aromatic rings. The number of rotatable bonds is 4. The zero-order valence-electron chi connectivity index (χ0n) is 10.9. The van der Waals surface area contributed by atoms with E-state index in [2.05, 4.69) is 10.3 Å². The van der Waals surface area contributed by atoms with Crippen LogP contribution < -0.4 is 14.8 Å². The lowest BCUT2D eigenvalue weighted by molar-refractivity contribution is 0.102. The first kappa shape index (κ1) is 13.4. The Kier molecular flexibility index (Phi) is 4.01. The van der Waals surface area contributed by atoms with Gasteiger partial charge in [-0.25, -0.2) is 4.98 Å². The highest BCUT2D eigenvalue weighted by Gasteiger charge is 2.12. The summed E-state index contributed by atoms with van der Waals surface area (Å²) in [6.45, 7) is 1.93. The molecule has 1 N–H and O–H groups in total. The van der Waals surface area contributed by atoms with Gasteiger partial charge in [0.1, 0.15) is 0 Å². The lowest BCUT2D eigenvalue weighted by Crippen LogP contribution is -2.11. The van der Waals surface area contributed by atoms with E-state index in [9.17, 15) is 4.79 Å². The van der Waals surface area contributed by atoms with Crippen LogP contribution in [0.5, 0.6) is 11.5 Å². The minimum atomic E-state index is -0.227. The third kappa shape index (κ3) is 3.03. The highest BCUT2D eigenvalue weighted by Crippen LogP contribution is 2.28. The van der Waals surface area contributed by atoms with Gasteiger partial charge >= 0.3 is 0 Å². The molecule has 2 rings (SSSR count). The number of hydrogen-bond acceptors (Lipinski definition) is 5. The Morgan fingerprint density at radius 1 is 1.26 bits per heavy atom. The summed E-state index contributed by atoms with van der Waals surface area (Å²) in [6, 6.07) is 5.01. The summed E-state index contributed by atoms with van der Waals surface area (Å²) >= 11 is 1.43. The highest BCUT2D eigenvalue weighted by molar-refractivity contribution is 7.15. The van der Waals surface area contributed by atoms with Crippen LogP contribution in [-0.4, -0.2) is 25.1 Å². The van der Waals surface area contributed by atoms with Crippen molar-refractivity contribution in [3.05, 3.63) is 34.8 Å². The van der Waals surface area contributed by atoms with E-state index in [4.69, 9.17) is 9.47 Å². The van der Waals surface area contributed by atoms with Crippen molar-refractivity contribution in [2.45, 2.75) is 6.92 Å². The molecule has 0 saturated heterocycles. The number of thiazole rings is 1. The quantitative estimate of drug-likeness (QED) is 0.934. The van der Waals surface area contributed by atoms with Gasteiger partial charge in [-0.2, -0.15) is 0 Å². The normalized spacial score (nSPS) is 10.1. The van der Waals surface area contributed by atoms with Gasteiger partial charge in [0, 0.05) is 16.6 Å². The predicted octanol–water partition coefficient (Wildman–Crippen LogP) is 2.72. The van der Waals surface area contributed by atoms with Gasteiger partial charge < -0.3 is 9.47 Å². The number of benzene rings is 1. The van der Waals surface area contributed by atoms with Gasteiger partial charge in [-0.1, -0.05) is 0 Å². The smallest absolute Gasteiger partial charge is 0.257 e. The van der Waals surface area contributed by atoms with Crippen LogP contribution in [0.3, 0.4) is 0 Å². The molecule has 0 bridgehead atoms. The molecule has 0 aliphatic carbocycles. The second-order valence-electron chi connectivity index (χ2n) is 3.80. The average Bonchev–Trinajstić information content (AvgIpc) is 2.83. The molecule has 19 heavy (non-hydrogen) atoms. The fourth-order valence-electron chi connectivity index (χ4n) is 1.56. The number of aromatic nitrogens is 1. The second-order valence-corrected chi connectivity index (χ2v) is 5.03. The summed E-state index contributed by atoms with van der Waals surface area (Å²) < 4.78 is 10.3. The van der Waals surface area contributed by atoms with Crippen molar-refractivity contribution in [1.82, 2.24) is 4.98 Å². The number of carbonyl (C=O) groups excluding carboxylic acids is 1. The van der Waals surface area contributed by atoms with Crippen LogP contribution in [0.1, 0.15) is 15.2 Å². The monoisotopic (exact) mass is 278 g/mol. The number of amides is 1. The van der Waals surface area contributed by atoms with Crippen LogP contribution in [0.2, 0.25) is 0 Å². The Bertz CT molecular complexity index is 595. The van der Waals surface area contributed by atoms with Gasteiger partial charge in [0.15, 0.2) is 16.6 Å². The first-order valence-corrected chi connectivity index (χ1v) is 6.41. The van der Waals surface area contributed by atoms with Crippen molar-refractivity contribution < 1.29 is 14.3 Å². The summed E-state index contributed by atoms with van der Waals surface area (Å²) in [7, 11) is 3.08. The van der Waals surface area contributed by atoms with Crippen molar-refractivity contribution in [3.63, 3.8) is 0 Å². The van der Waals surface area contributed by atoms with E-state index in [0.717, 1.165) is 4.88 Å². The van der Waals surface area contributed by atoms with Crippen molar-refractivity contribution in [1.29, 1.82) is 0 Å². The Balaban J connectivity index is 2.19. The maximum Gasteiger partial charge on any atom is 0.257 e. The van der Waals surface area contributed by atoms with E-state index in [0.29, 0.717) is 22.2 Å². The van der Waals surface area contributed by atoms with Crippen molar-refractivity contribution in [3.8, 4) is 11.5 Å². The van der Waals surface area contributed by atoms with E-state index in [1.54, 1.807) is 31.5 Å². The summed E-state index contributed by atoms with van der Waals surface area (Å²) in [5, 5.41) is 3.32. The number of aryl methyl sites for hydroxylation is 1. The molecule has 0 atom stereocenters. The second kappa shape index (κ2) is 5.71. The zero-order chi connectivity index (χ0) is 13.8. The first-order valence-electron chi connectivity index (χ1n) is 5.60. The van der Waals surface area contributed by atoms with Gasteiger partial charge in [0.05, 0.1) is 14.2 Å². The third-order valence-electron chi connectivity index (χ3n) is 2.49. The number of anilines is 1. The topological polar surface area (TPSA) is 60.5 Å². The Hall–Kier alpha value is -2.08. The molecule has 0 aliphatic rings. The molecule has 0 spiro atoms. The molecule has 0 fully saturated rings. The molecule has 0 unspecified atom stereocenters. The Morgan fingerprint density at radius 2 is 2.00 bits per heavy atom. The lowest BCUT2D eigenvalue weighted by atomic mass is 10.2. The van der Waals surface area contributed by atoms with Gasteiger partial charge in [0.25, 0.3) is 5.91 Å². The molecule has 100 valence electrons. The molecule has 0 saturated carbocycles. The summed E-state index contributed by atoms with van der Waals surface area (Å²) in [5.41, 5.74) is 0.491. The van der Waals surface area contributed by atoms with Crippen LogP contribution in [0.15, 0.2) is 24.4 Å². The fraction of sp³-hybridized carbons (Fsp3) is 0.231. The van der Waals surface area contributed by atoms with Gasteiger partial charge in [0.2, 0.25) is 0 Å². The van der Waals surface area contributed by atoms with Crippen LogP contribution in [-0.2, 0) is 0 Å². The zero-order valence-corrected chi connectivity index (χ0v) is 11.7. The number of carbonyl (C=O) groups is 1. The van der Waals surface area contributed by atoms with Crippen molar-refractivity contribution >= 4 is 22.4 Å². The Labute approximate surface area is 115 Å². The predicted molar refractivity (Wildman–Crippen MR) is 74.4 cm³/mol. The molecule has 0 aliphatic heterocycles. The van der Waals surface area contributed by atoms with E-state index in [1.165, 1.54) is 18.4 Å². The van der Waals surface area contributed by atoms with Crippen LogP contribution in [0.4, 0.5) is 5.13 Å². The largest absolute Gasteiger partial charge is 0.493 e. The number of ether oxygens (including phenoxy) is 2. The molecule has 1 amide bonds. The van der Waals surface area contributed by atoms with Crippen LogP contribution >= 0.6 is 11.3 Å². The van der Waals surface area contributed by atoms with Crippen molar-refractivity contribution in [2.75, 3.05) is 19.5 Å². The Morgan fingerprint density at radius 3 is 2.58 bits per heavy atom. The molecule has 1 heterocycles. The van der Waals surface area contributed by atoms with Gasteiger partial charge in [-0.15, -0.1) is 11.3 Å². The maximum absolute atomic E-state index is 12.1. The molecule has 0 radical (unpaired) electrons. The average molecular weight is 278 g/mol. The summed E-state index contributed by atoms with van der Waals surface area (Å²) in [6.07, 6.45) is 1.72. The minimum Gasteiger partial charge on any atom is -0.493 e. The van der Waals surface area contributed by atoms with E-state index in [1.807, 2.05) is 6.92 Å². The molecular weight excluding hydrogens is 264 g/mol. The summed E-state index contributed by atoms with van der Waals surface area (Å²) in [5.74, 6) is 0.880. The first-order chi connectivity index (χ1) is 9.13. The van der Waals surface area contributed by atoms with E-state index in [-0.39, 0.29) is 5.91 Å². The number of nitrogens with one attached hydrogen (secondary N) is 1. The van der Waals surface area contributed by atoms with Gasteiger partial charge in [-0.3, -0.25) is 10.1 Å². The van der Waals surface area contributed by atoms with E-state index >= 15 is 0 Å². The van der Waals surface area contributed by atoms with Crippen LogP contribution in [0, 0.1) is 6.92 Å². The van der Waals surface area contributed by atoms with E-state index < -0.39 is 0 Å². The number of methoxy groups -OCH3 is 2. The fourth-order valence-corrected chi connectivity index (χ4v) is 2.22. The molecular formula is C13H14N2O3S. The molecule has 6 heteroatoms. The third-order valence-corrected chi connectivity index (χ3v) is 3.32.